The fourth-order valence-electron chi connectivity index (χ4n) is 1.41. The van der Waals surface area contributed by atoms with E-state index in [1.807, 2.05) is 6.07 Å². The Morgan fingerprint density at radius 3 is 2.53 bits per heavy atom. The fourth-order valence-corrected chi connectivity index (χ4v) is 2.47. The standard InChI is InChI=1S/C12H22ClN3S/c1-15(2)8-9-16(3)7-6-14-10-11-4-5-12(13)17-11/h4-5,14H,6-10H2,1-3H3. The normalized spacial score (nSPS) is 11.6. The first-order valence-electron chi connectivity index (χ1n) is 5.86. The van der Waals surface area contributed by atoms with Gasteiger partial charge in [-0.15, -0.1) is 11.3 Å². The Morgan fingerprint density at radius 1 is 1.18 bits per heavy atom. The summed E-state index contributed by atoms with van der Waals surface area (Å²) in [7, 11) is 6.37. The molecular formula is C12H22ClN3S. The van der Waals surface area contributed by atoms with Gasteiger partial charge in [-0.05, 0) is 33.3 Å². The molecule has 0 unspecified atom stereocenters. The van der Waals surface area contributed by atoms with Crippen molar-refractivity contribution in [2.24, 2.45) is 0 Å². The molecule has 0 aromatic carbocycles. The first-order valence-corrected chi connectivity index (χ1v) is 7.05. The molecule has 0 aliphatic carbocycles. The highest BCUT2D eigenvalue weighted by molar-refractivity contribution is 7.16. The van der Waals surface area contributed by atoms with Crippen LogP contribution in [0.2, 0.25) is 4.34 Å². The highest BCUT2D eigenvalue weighted by Gasteiger charge is 2.00. The zero-order valence-corrected chi connectivity index (χ0v) is 12.4. The molecule has 0 atom stereocenters. The maximum absolute atomic E-state index is 5.87. The van der Waals surface area contributed by atoms with Gasteiger partial charge in [0, 0.05) is 37.6 Å². The lowest BCUT2D eigenvalue weighted by atomic mass is 10.4. The number of hydrogen-bond acceptors (Lipinski definition) is 4. The third kappa shape index (κ3) is 7.01. The van der Waals surface area contributed by atoms with Crippen LogP contribution in [0, 0.1) is 0 Å². The summed E-state index contributed by atoms with van der Waals surface area (Å²) in [6.07, 6.45) is 0. The van der Waals surface area contributed by atoms with Gasteiger partial charge >= 0.3 is 0 Å². The summed E-state index contributed by atoms with van der Waals surface area (Å²) in [5.74, 6) is 0. The minimum Gasteiger partial charge on any atom is -0.311 e. The Kier molecular flexibility index (Phi) is 7.08. The average Bonchev–Trinajstić information content (AvgIpc) is 2.68. The molecule has 0 saturated carbocycles. The smallest absolute Gasteiger partial charge is 0.0931 e. The van der Waals surface area contributed by atoms with Gasteiger partial charge in [0.25, 0.3) is 0 Å². The van der Waals surface area contributed by atoms with Gasteiger partial charge in [-0.25, -0.2) is 0 Å². The van der Waals surface area contributed by atoms with E-state index in [9.17, 15) is 0 Å². The summed E-state index contributed by atoms with van der Waals surface area (Å²) < 4.78 is 0.866. The second kappa shape index (κ2) is 8.06. The molecule has 1 heterocycles. The second-order valence-corrected chi connectivity index (χ2v) is 6.29. The van der Waals surface area contributed by atoms with Crippen molar-refractivity contribution in [3.8, 4) is 0 Å². The molecule has 17 heavy (non-hydrogen) atoms. The topological polar surface area (TPSA) is 18.5 Å². The molecule has 0 amide bonds. The molecule has 0 fully saturated rings. The molecule has 0 aliphatic rings. The first kappa shape index (κ1) is 14.9. The highest BCUT2D eigenvalue weighted by atomic mass is 35.5. The molecule has 0 spiro atoms. The van der Waals surface area contributed by atoms with Crippen molar-refractivity contribution >= 4 is 22.9 Å². The van der Waals surface area contributed by atoms with Gasteiger partial charge in [-0.3, -0.25) is 0 Å². The lowest BCUT2D eigenvalue weighted by Crippen LogP contribution is -2.33. The summed E-state index contributed by atoms with van der Waals surface area (Å²) in [5.41, 5.74) is 0. The highest BCUT2D eigenvalue weighted by Crippen LogP contribution is 2.20. The number of nitrogens with zero attached hydrogens (tertiary/aromatic N) is 2. The second-order valence-electron chi connectivity index (χ2n) is 4.49. The molecule has 0 aliphatic heterocycles. The van der Waals surface area contributed by atoms with Crippen LogP contribution in [-0.4, -0.2) is 57.1 Å². The van der Waals surface area contributed by atoms with Crippen LogP contribution in [0.3, 0.4) is 0 Å². The molecule has 1 rings (SSSR count). The zero-order chi connectivity index (χ0) is 12.7. The molecule has 1 aromatic rings. The number of rotatable bonds is 8. The average molecular weight is 276 g/mol. The largest absolute Gasteiger partial charge is 0.311 e. The van der Waals surface area contributed by atoms with E-state index in [-0.39, 0.29) is 0 Å². The zero-order valence-electron chi connectivity index (χ0n) is 10.9. The van der Waals surface area contributed by atoms with E-state index in [0.717, 1.165) is 37.1 Å². The predicted molar refractivity (Wildman–Crippen MR) is 77.1 cm³/mol. The van der Waals surface area contributed by atoms with E-state index >= 15 is 0 Å². The van der Waals surface area contributed by atoms with Gasteiger partial charge in [0.1, 0.15) is 0 Å². The van der Waals surface area contributed by atoms with Crippen LogP contribution in [0.25, 0.3) is 0 Å². The minimum absolute atomic E-state index is 0.866. The third-order valence-electron chi connectivity index (χ3n) is 2.53. The molecule has 3 nitrogen and oxygen atoms in total. The molecular weight excluding hydrogens is 254 g/mol. The van der Waals surface area contributed by atoms with Gasteiger partial charge in [-0.1, -0.05) is 11.6 Å². The molecule has 98 valence electrons. The Labute approximate surface area is 113 Å². The molecule has 0 bridgehead atoms. The SMILES string of the molecule is CN(C)CCN(C)CCNCc1ccc(Cl)s1. The van der Waals surface area contributed by atoms with Crippen molar-refractivity contribution < 1.29 is 0 Å². The molecule has 5 heteroatoms. The summed E-state index contributed by atoms with van der Waals surface area (Å²) >= 11 is 7.52. The van der Waals surface area contributed by atoms with Crippen molar-refractivity contribution in [3.05, 3.63) is 21.3 Å². The van der Waals surface area contributed by atoms with Crippen LogP contribution >= 0.6 is 22.9 Å². The molecule has 1 aromatic heterocycles. The summed E-state index contributed by atoms with van der Waals surface area (Å²) in [5, 5.41) is 3.43. The number of likely N-dealkylation sites (N-methyl/N-ethyl adjacent to an activating group) is 2. The minimum atomic E-state index is 0.866. The van der Waals surface area contributed by atoms with Crippen molar-refractivity contribution in [1.29, 1.82) is 0 Å². The Bertz CT molecular complexity index is 314. The van der Waals surface area contributed by atoms with E-state index in [1.165, 1.54) is 4.88 Å². The summed E-state index contributed by atoms with van der Waals surface area (Å²) in [6, 6.07) is 4.03. The van der Waals surface area contributed by atoms with Gasteiger partial charge in [0.05, 0.1) is 4.34 Å². The number of thiophene rings is 1. The van der Waals surface area contributed by atoms with E-state index in [1.54, 1.807) is 11.3 Å². The predicted octanol–water partition coefficient (Wildman–Crippen LogP) is 1.98. The Balaban J connectivity index is 2.03. The lowest BCUT2D eigenvalue weighted by molar-refractivity contribution is 0.281. The maximum atomic E-state index is 5.87. The first-order chi connectivity index (χ1) is 8.08. The van der Waals surface area contributed by atoms with Crippen molar-refractivity contribution in [2.75, 3.05) is 47.3 Å². The van der Waals surface area contributed by atoms with E-state index < -0.39 is 0 Å². The van der Waals surface area contributed by atoms with Crippen LogP contribution in [0.1, 0.15) is 4.88 Å². The van der Waals surface area contributed by atoms with Gasteiger partial charge in [0.15, 0.2) is 0 Å². The van der Waals surface area contributed by atoms with Crippen molar-refractivity contribution in [2.45, 2.75) is 6.54 Å². The lowest BCUT2D eigenvalue weighted by Gasteiger charge is -2.19. The van der Waals surface area contributed by atoms with E-state index in [2.05, 4.69) is 42.3 Å². The van der Waals surface area contributed by atoms with Crippen LogP contribution in [-0.2, 0) is 6.54 Å². The van der Waals surface area contributed by atoms with Crippen LogP contribution < -0.4 is 5.32 Å². The Morgan fingerprint density at radius 2 is 1.94 bits per heavy atom. The fraction of sp³-hybridized carbons (Fsp3) is 0.667. The van der Waals surface area contributed by atoms with Crippen LogP contribution in [0.5, 0.6) is 0 Å². The third-order valence-corrected chi connectivity index (χ3v) is 3.76. The monoisotopic (exact) mass is 275 g/mol. The van der Waals surface area contributed by atoms with E-state index in [4.69, 9.17) is 11.6 Å². The number of hydrogen-bond donors (Lipinski definition) is 1. The van der Waals surface area contributed by atoms with Crippen LogP contribution in [0.15, 0.2) is 12.1 Å². The number of halogens is 1. The number of nitrogens with one attached hydrogen (secondary N) is 1. The quantitative estimate of drug-likeness (QED) is 0.732. The Hall–Kier alpha value is -0.130. The maximum Gasteiger partial charge on any atom is 0.0931 e. The van der Waals surface area contributed by atoms with E-state index in [0.29, 0.717) is 0 Å². The van der Waals surface area contributed by atoms with Gasteiger partial charge in [-0.2, -0.15) is 0 Å². The summed E-state index contributed by atoms with van der Waals surface area (Å²) in [6.45, 7) is 5.22. The molecule has 1 N–H and O–H groups in total. The van der Waals surface area contributed by atoms with Gasteiger partial charge < -0.3 is 15.1 Å². The molecule has 0 radical (unpaired) electrons. The summed E-state index contributed by atoms with van der Waals surface area (Å²) in [4.78, 5) is 5.84. The van der Waals surface area contributed by atoms with Crippen molar-refractivity contribution in [1.82, 2.24) is 15.1 Å². The van der Waals surface area contributed by atoms with Crippen LogP contribution in [0.4, 0.5) is 0 Å². The molecule has 0 saturated heterocycles. The van der Waals surface area contributed by atoms with Crippen molar-refractivity contribution in [3.63, 3.8) is 0 Å². The van der Waals surface area contributed by atoms with Gasteiger partial charge in [0.2, 0.25) is 0 Å².